The van der Waals surface area contributed by atoms with Crippen molar-refractivity contribution in [3.63, 3.8) is 0 Å². The number of methoxy groups -OCH3 is 1. The average Bonchev–Trinajstić information content (AvgIpc) is 3.00. The Balaban J connectivity index is 1.82. The molecule has 0 amide bonds. The Bertz CT molecular complexity index is 1020. The molecule has 0 bridgehead atoms. The predicted octanol–water partition coefficient (Wildman–Crippen LogP) is 4.31. The van der Waals surface area contributed by atoms with Gasteiger partial charge in [0.1, 0.15) is 5.82 Å². The fraction of sp³-hybridized carbons (Fsp3) is 0.182. The number of anilines is 1. The third-order valence-corrected chi connectivity index (χ3v) is 4.59. The number of hydrogen-bond donors (Lipinski definition) is 1. The maximum absolute atomic E-state index is 13.2. The van der Waals surface area contributed by atoms with Gasteiger partial charge >= 0.3 is 5.97 Å². The summed E-state index contributed by atoms with van der Waals surface area (Å²) in [6.07, 6.45) is 0. The number of carbonyl (C=O) groups is 2. The van der Waals surface area contributed by atoms with Gasteiger partial charge in [0.15, 0.2) is 5.78 Å². The van der Waals surface area contributed by atoms with E-state index >= 15 is 0 Å². The van der Waals surface area contributed by atoms with Gasteiger partial charge in [0, 0.05) is 28.3 Å². The summed E-state index contributed by atoms with van der Waals surface area (Å²) in [7, 11) is 1.31. The number of nitrogens with zero attached hydrogens (tertiary/aromatic N) is 1. The van der Waals surface area contributed by atoms with Crippen LogP contribution in [-0.2, 0) is 4.74 Å². The normalized spacial score (nSPS) is 10.6. The van der Waals surface area contributed by atoms with Crippen molar-refractivity contribution in [2.75, 3.05) is 19.0 Å². The monoisotopic (exact) mass is 380 g/mol. The molecule has 0 fully saturated rings. The Labute approximate surface area is 162 Å². The molecular weight excluding hydrogens is 359 g/mol. The average molecular weight is 380 g/mol. The van der Waals surface area contributed by atoms with Crippen molar-refractivity contribution >= 4 is 17.4 Å². The highest BCUT2D eigenvalue weighted by Gasteiger charge is 2.18. The van der Waals surface area contributed by atoms with Crippen molar-refractivity contribution in [3.8, 4) is 5.69 Å². The number of rotatable bonds is 6. The molecule has 3 aromatic rings. The van der Waals surface area contributed by atoms with Gasteiger partial charge in [-0.15, -0.1) is 0 Å². The number of ether oxygens (including phenoxy) is 1. The van der Waals surface area contributed by atoms with Gasteiger partial charge in [-0.1, -0.05) is 12.1 Å². The summed E-state index contributed by atoms with van der Waals surface area (Å²) in [5.74, 6) is -0.887. The van der Waals surface area contributed by atoms with E-state index in [4.69, 9.17) is 4.74 Å². The number of para-hydroxylation sites is 1. The van der Waals surface area contributed by atoms with Crippen LogP contribution >= 0.6 is 0 Å². The van der Waals surface area contributed by atoms with Gasteiger partial charge in [0.2, 0.25) is 0 Å². The van der Waals surface area contributed by atoms with Crippen molar-refractivity contribution < 1.29 is 18.7 Å². The number of hydrogen-bond acceptors (Lipinski definition) is 4. The molecule has 0 aliphatic carbocycles. The first-order valence-corrected chi connectivity index (χ1v) is 8.81. The van der Waals surface area contributed by atoms with Crippen LogP contribution in [0.25, 0.3) is 5.69 Å². The third kappa shape index (κ3) is 3.81. The van der Waals surface area contributed by atoms with E-state index in [0.29, 0.717) is 16.8 Å². The van der Waals surface area contributed by atoms with E-state index in [1.807, 2.05) is 24.5 Å². The topological polar surface area (TPSA) is 60.3 Å². The quantitative estimate of drug-likeness (QED) is 0.511. The molecule has 0 aliphatic heterocycles. The van der Waals surface area contributed by atoms with Crippen molar-refractivity contribution in [1.82, 2.24) is 4.57 Å². The second-order valence-corrected chi connectivity index (χ2v) is 6.41. The molecular formula is C22H21FN2O3. The van der Waals surface area contributed by atoms with Gasteiger partial charge in [-0.2, -0.15) is 0 Å². The molecule has 0 radical (unpaired) electrons. The van der Waals surface area contributed by atoms with Crippen molar-refractivity contribution in [3.05, 3.63) is 82.9 Å². The molecule has 28 heavy (non-hydrogen) atoms. The highest BCUT2D eigenvalue weighted by molar-refractivity contribution is 6.02. The minimum absolute atomic E-state index is 0.0295. The molecule has 144 valence electrons. The molecule has 0 saturated heterocycles. The van der Waals surface area contributed by atoms with Gasteiger partial charge in [-0.3, -0.25) is 4.79 Å². The first-order chi connectivity index (χ1) is 13.4. The Morgan fingerprint density at radius 3 is 2.39 bits per heavy atom. The number of carbonyl (C=O) groups excluding carboxylic acids is 2. The second kappa shape index (κ2) is 8.08. The summed E-state index contributed by atoms with van der Waals surface area (Å²) < 4.78 is 19.9. The number of aryl methyl sites for hydroxylation is 1. The van der Waals surface area contributed by atoms with E-state index in [1.54, 1.807) is 36.4 Å². The molecule has 0 aliphatic rings. The Kier molecular flexibility index (Phi) is 5.59. The second-order valence-electron chi connectivity index (χ2n) is 6.41. The van der Waals surface area contributed by atoms with E-state index < -0.39 is 5.97 Å². The van der Waals surface area contributed by atoms with Crippen LogP contribution in [0.15, 0.2) is 54.6 Å². The van der Waals surface area contributed by atoms with Crippen molar-refractivity contribution in [2.45, 2.75) is 13.8 Å². The minimum Gasteiger partial charge on any atom is -0.465 e. The van der Waals surface area contributed by atoms with Crippen LogP contribution in [0.5, 0.6) is 0 Å². The predicted molar refractivity (Wildman–Crippen MR) is 106 cm³/mol. The number of esters is 1. The number of ketones is 1. The molecule has 0 atom stereocenters. The largest absolute Gasteiger partial charge is 0.465 e. The third-order valence-electron chi connectivity index (χ3n) is 4.59. The molecule has 3 rings (SSSR count). The number of benzene rings is 2. The molecule has 1 aromatic heterocycles. The van der Waals surface area contributed by atoms with Gasteiger partial charge in [0.05, 0.1) is 19.2 Å². The lowest BCUT2D eigenvalue weighted by molar-refractivity contribution is 0.0601. The molecule has 0 spiro atoms. The van der Waals surface area contributed by atoms with Gasteiger partial charge in [-0.25, -0.2) is 9.18 Å². The maximum Gasteiger partial charge on any atom is 0.339 e. The van der Waals surface area contributed by atoms with Crippen LogP contribution in [0.3, 0.4) is 0 Å². The van der Waals surface area contributed by atoms with Crippen LogP contribution in [-0.4, -0.2) is 30.0 Å². The van der Waals surface area contributed by atoms with E-state index in [2.05, 4.69) is 5.32 Å². The lowest BCUT2D eigenvalue weighted by Gasteiger charge is -2.11. The number of aromatic nitrogens is 1. The van der Waals surface area contributed by atoms with E-state index in [1.165, 1.54) is 19.2 Å². The molecule has 1 heterocycles. The molecule has 0 saturated carbocycles. The lowest BCUT2D eigenvalue weighted by atomic mass is 10.1. The molecule has 1 N–H and O–H groups in total. The molecule has 6 heteroatoms. The van der Waals surface area contributed by atoms with E-state index in [-0.39, 0.29) is 18.1 Å². The smallest absolute Gasteiger partial charge is 0.339 e. The van der Waals surface area contributed by atoms with Crippen LogP contribution in [0.4, 0.5) is 10.1 Å². The number of halogens is 1. The SMILES string of the molecule is COC(=O)c1ccccc1NCC(=O)c1cc(C)n(-c2ccc(F)cc2)c1C. The Morgan fingerprint density at radius 2 is 1.71 bits per heavy atom. The van der Waals surface area contributed by atoms with E-state index in [0.717, 1.165) is 17.1 Å². The summed E-state index contributed by atoms with van der Waals surface area (Å²) in [5, 5.41) is 3.02. The van der Waals surface area contributed by atoms with Crippen LogP contribution < -0.4 is 5.32 Å². The van der Waals surface area contributed by atoms with Gasteiger partial charge in [-0.05, 0) is 56.3 Å². The summed E-state index contributed by atoms with van der Waals surface area (Å²) in [4.78, 5) is 24.6. The maximum atomic E-state index is 13.2. The highest BCUT2D eigenvalue weighted by Crippen LogP contribution is 2.22. The van der Waals surface area contributed by atoms with Crippen molar-refractivity contribution in [1.29, 1.82) is 0 Å². The Hall–Kier alpha value is -3.41. The summed E-state index contributed by atoms with van der Waals surface area (Å²) in [5.41, 5.74) is 3.92. The summed E-state index contributed by atoms with van der Waals surface area (Å²) >= 11 is 0. The summed E-state index contributed by atoms with van der Waals surface area (Å²) in [6, 6.07) is 14.8. The Morgan fingerprint density at radius 1 is 1.04 bits per heavy atom. The zero-order chi connectivity index (χ0) is 20.3. The van der Waals surface area contributed by atoms with Crippen LogP contribution in [0.1, 0.15) is 32.1 Å². The zero-order valence-corrected chi connectivity index (χ0v) is 16.0. The number of nitrogens with one attached hydrogen (secondary N) is 1. The minimum atomic E-state index is -0.468. The standard InChI is InChI=1S/C22H21FN2O3/c1-14-12-19(15(2)25(14)17-10-8-16(23)9-11-17)21(26)13-24-20-7-5-4-6-18(20)22(27)28-3/h4-12,24H,13H2,1-3H3. The first kappa shape index (κ1) is 19.4. The molecule has 5 nitrogen and oxygen atoms in total. The van der Waals surface area contributed by atoms with Crippen LogP contribution in [0.2, 0.25) is 0 Å². The van der Waals surface area contributed by atoms with Gasteiger partial charge in [0.25, 0.3) is 0 Å². The lowest BCUT2D eigenvalue weighted by Crippen LogP contribution is -2.17. The van der Waals surface area contributed by atoms with Crippen molar-refractivity contribution in [2.24, 2.45) is 0 Å². The van der Waals surface area contributed by atoms with E-state index in [9.17, 15) is 14.0 Å². The van der Waals surface area contributed by atoms with Crippen LogP contribution in [0, 0.1) is 19.7 Å². The summed E-state index contributed by atoms with van der Waals surface area (Å²) in [6.45, 7) is 3.78. The highest BCUT2D eigenvalue weighted by atomic mass is 19.1. The fourth-order valence-corrected chi connectivity index (χ4v) is 3.23. The fourth-order valence-electron chi connectivity index (χ4n) is 3.23. The number of Topliss-reactive ketones (excluding diaryl/α,β-unsaturated/α-hetero) is 1. The van der Waals surface area contributed by atoms with Gasteiger partial charge < -0.3 is 14.6 Å². The molecule has 0 unspecified atom stereocenters. The molecule has 2 aromatic carbocycles. The first-order valence-electron chi connectivity index (χ1n) is 8.81. The zero-order valence-electron chi connectivity index (χ0n) is 16.0.